The molecule has 6 heteroatoms. The van der Waals surface area contributed by atoms with E-state index in [1.165, 1.54) is 11.3 Å². The third-order valence-electron chi connectivity index (χ3n) is 2.38. The zero-order valence-corrected chi connectivity index (χ0v) is 11.2. The fourth-order valence-corrected chi connectivity index (χ4v) is 2.23. The summed E-state index contributed by atoms with van der Waals surface area (Å²) >= 11 is 1.48. The van der Waals surface area contributed by atoms with Gasteiger partial charge in [-0.3, -0.25) is 0 Å². The second kappa shape index (κ2) is 5.77. The van der Waals surface area contributed by atoms with Crippen LogP contribution in [0.2, 0.25) is 0 Å². The summed E-state index contributed by atoms with van der Waals surface area (Å²) in [6, 6.07) is 0. The van der Waals surface area contributed by atoms with Gasteiger partial charge in [-0.15, -0.1) is 11.3 Å². The molecule has 0 fully saturated rings. The van der Waals surface area contributed by atoms with E-state index in [1.54, 1.807) is 13.1 Å². The van der Waals surface area contributed by atoms with Crippen molar-refractivity contribution >= 4 is 17.3 Å². The van der Waals surface area contributed by atoms with Crippen LogP contribution in [0.3, 0.4) is 0 Å². The molecule has 2 aromatic heterocycles. The number of aromatic nitrogens is 3. The molecule has 2 heterocycles. The predicted molar refractivity (Wildman–Crippen MR) is 69.6 cm³/mol. The Kier molecular flexibility index (Phi) is 4.09. The molecule has 0 atom stereocenters. The zero-order chi connectivity index (χ0) is 13.0. The van der Waals surface area contributed by atoms with Gasteiger partial charge in [0.25, 0.3) is 0 Å². The summed E-state index contributed by atoms with van der Waals surface area (Å²) in [6.45, 7) is 4.19. The molecule has 0 aromatic carbocycles. The Morgan fingerprint density at radius 3 is 2.94 bits per heavy atom. The van der Waals surface area contributed by atoms with E-state index in [0.29, 0.717) is 18.1 Å². The van der Waals surface area contributed by atoms with Crippen LogP contribution in [-0.4, -0.2) is 27.5 Å². The molecule has 5 nitrogen and oxygen atoms in total. The van der Waals surface area contributed by atoms with Crippen molar-refractivity contribution in [2.45, 2.75) is 26.7 Å². The molecule has 0 saturated heterocycles. The van der Waals surface area contributed by atoms with E-state index in [2.05, 4.69) is 21.9 Å². The highest BCUT2D eigenvalue weighted by atomic mass is 32.1. The fourth-order valence-electron chi connectivity index (χ4n) is 1.65. The second-order valence-corrected chi connectivity index (χ2v) is 4.61. The van der Waals surface area contributed by atoms with E-state index < -0.39 is 0 Å². The summed E-state index contributed by atoms with van der Waals surface area (Å²) in [5.74, 6) is 0.261. The maximum absolute atomic E-state index is 11.8. The van der Waals surface area contributed by atoms with Gasteiger partial charge < -0.3 is 9.72 Å². The molecule has 0 radical (unpaired) electrons. The fraction of sp³-hybridized carbons (Fsp3) is 0.417. The standard InChI is InChI=1S/C12H15N3O2S/c1-3-5-8-9(12(16)17-4-2)15-10(14-8)11-13-6-7-18-11/h6-7H,3-5H2,1-2H3,(H,14,15). The summed E-state index contributed by atoms with van der Waals surface area (Å²) in [6.07, 6.45) is 3.42. The highest BCUT2D eigenvalue weighted by molar-refractivity contribution is 7.13. The van der Waals surface area contributed by atoms with Crippen molar-refractivity contribution in [1.29, 1.82) is 0 Å². The molecular weight excluding hydrogens is 250 g/mol. The molecule has 18 heavy (non-hydrogen) atoms. The first-order valence-electron chi connectivity index (χ1n) is 5.92. The molecule has 0 aliphatic heterocycles. The maximum Gasteiger partial charge on any atom is 0.358 e. The van der Waals surface area contributed by atoms with Crippen molar-refractivity contribution in [1.82, 2.24) is 15.0 Å². The number of esters is 1. The number of thiazole rings is 1. The first kappa shape index (κ1) is 12.8. The van der Waals surface area contributed by atoms with Crippen LogP contribution in [-0.2, 0) is 11.2 Å². The van der Waals surface area contributed by atoms with Crippen LogP contribution in [0.5, 0.6) is 0 Å². The van der Waals surface area contributed by atoms with Crippen LogP contribution in [0.4, 0.5) is 0 Å². The Bertz CT molecular complexity index is 519. The molecule has 2 aromatic rings. The first-order chi connectivity index (χ1) is 8.76. The van der Waals surface area contributed by atoms with Crippen LogP contribution in [0.25, 0.3) is 10.8 Å². The molecular formula is C12H15N3O2S. The van der Waals surface area contributed by atoms with Gasteiger partial charge in [0.05, 0.1) is 12.3 Å². The van der Waals surface area contributed by atoms with Crippen molar-refractivity contribution in [2.75, 3.05) is 6.61 Å². The molecule has 1 N–H and O–H groups in total. The summed E-state index contributed by atoms with van der Waals surface area (Å²) in [5.41, 5.74) is 1.20. The summed E-state index contributed by atoms with van der Waals surface area (Å²) < 4.78 is 5.01. The lowest BCUT2D eigenvalue weighted by molar-refractivity contribution is 0.0519. The predicted octanol–water partition coefficient (Wildman–Crippen LogP) is 2.66. The highest BCUT2D eigenvalue weighted by Gasteiger charge is 2.19. The van der Waals surface area contributed by atoms with E-state index in [4.69, 9.17) is 4.74 Å². The largest absolute Gasteiger partial charge is 0.461 e. The number of aromatic amines is 1. The number of ether oxygens (including phenoxy) is 1. The molecule has 0 bridgehead atoms. The normalized spacial score (nSPS) is 10.6. The molecule has 0 spiro atoms. The van der Waals surface area contributed by atoms with Crippen LogP contribution >= 0.6 is 11.3 Å². The molecule has 2 rings (SSSR count). The monoisotopic (exact) mass is 265 g/mol. The Morgan fingerprint density at radius 1 is 1.50 bits per heavy atom. The maximum atomic E-state index is 11.8. The quantitative estimate of drug-likeness (QED) is 0.844. The molecule has 0 aliphatic rings. The number of hydrogen-bond acceptors (Lipinski definition) is 5. The van der Waals surface area contributed by atoms with Crippen molar-refractivity contribution < 1.29 is 9.53 Å². The number of nitrogens with zero attached hydrogens (tertiary/aromatic N) is 2. The van der Waals surface area contributed by atoms with Gasteiger partial charge in [-0.05, 0) is 13.3 Å². The number of nitrogens with one attached hydrogen (secondary N) is 1. The van der Waals surface area contributed by atoms with Crippen molar-refractivity contribution in [3.05, 3.63) is 23.0 Å². The summed E-state index contributed by atoms with van der Waals surface area (Å²) in [5, 5.41) is 2.66. The van der Waals surface area contributed by atoms with Gasteiger partial charge in [-0.25, -0.2) is 14.8 Å². The Balaban J connectivity index is 2.35. The van der Waals surface area contributed by atoms with Crippen LogP contribution in [0.15, 0.2) is 11.6 Å². The second-order valence-electron chi connectivity index (χ2n) is 3.72. The number of carbonyl (C=O) groups is 1. The van der Waals surface area contributed by atoms with Gasteiger partial charge >= 0.3 is 5.97 Å². The zero-order valence-electron chi connectivity index (χ0n) is 10.4. The van der Waals surface area contributed by atoms with Gasteiger partial charge in [0.1, 0.15) is 0 Å². The van der Waals surface area contributed by atoms with Crippen molar-refractivity contribution in [3.8, 4) is 10.8 Å². The third kappa shape index (κ3) is 2.59. The van der Waals surface area contributed by atoms with Gasteiger partial charge in [-0.2, -0.15) is 0 Å². The minimum Gasteiger partial charge on any atom is -0.461 e. The van der Waals surface area contributed by atoms with E-state index in [0.717, 1.165) is 23.5 Å². The topological polar surface area (TPSA) is 67.9 Å². The van der Waals surface area contributed by atoms with Gasteiger partial charge in [-0.1, -0.05) is 13.3 Å². The van der Waals surface area contributed by atoms with Gasteiger partial charge in [0.15, 0.2) is 16.5 Å². The Morgan fingerprint density at radius 2 is 2.33 bits per heavy atom. The third-order valence-corrected chi connectivity index (χ3v) is 3.16. The lowest BCUT2D eigenvalue weighted by Crippen LogP contribution is -2.08. The minimum atomic E-state index is -0.375. The van der Waals surface area contributed by atoms with Crippen LogP contribution in [0.1, 0.15) is 36.5 Å². The van der Waals surface area contributed by atoms with Crippen LogP contribution < -0.4 is 0 Å². The van der Waals surface area contributed by atoms with E-state index >= 15 is 0 Å². The number of hydrogen-bond donors (Lipinski definition) is 1. The Labute approximate surface area is 109 Å². The minimum absolute atomic E-state index is 0.351. The number of rotatable bonds is 5. The smallest absolute Gasteiger partial charge is 0.358 e. The number of aryl methyl sites for hydroxylation is 1. The van der Waals surface area contributed by atoms with Gasteiger partial charge in [0, 0.05) is 11.6 Å². The Hall–Kier alpha value is -1.69. The number of carbonyl (C=O) groups excluding carboxylic acids is 1. The number of H-pyrrole nitrogens is 1. The molecule has 0 amide bonds. The van der Waals surface area contributed by atoms with Crippen LogP contribution in [0, 0.1) is 0 Å². The lowest BCUT2D eigenvalue weighted by atomic mass is 10.2. The average Bonchev–Trinajstić information content (AvgIpc) is 2.97. The molecule has 0 saturated carbocycles. The highest BCUT2D eigenvalue weighted by Crippen LogP contribution is 2.21. The van der Waals surface area contributed by atoms with E-state index in [1.807, 2.05) is 5.38 Å². The van der Waals surface area contributed by atoms with Crippen molar-refractivity contribution in [2.24, 2.45) is 0 Å². The van der Waals surface area contributed by atoms with Gasteiger partial charge in [0.2, 0.25) is 0 Å². The lowest BCUT2D eigenvalue weighted by Gasteiger charge is -2.00. The average molecular weight is 265 g/mol. The van der Waals surface area contributed by atoms with E-state index in [9.17, 15) is 4.79 Å². The SMILES string of the molecule is CCCc1[nH]c(-c2nccs2)nc1C(=O)OCC. The van der Waals surface area contributed by atoms with Crippen molar-refractivity contribution in [3.63, 3.8) is 0 Å². The van der Waals surface area contributed by atoms with E-state index in [-0.39, 0.29) is 5.97 Å². The summed E-state index contributed by atoms with van der Waals surface area (Å²) in [7, 11) is 0. The number of imidazole rings is 1. The molecule has 96 valence electrons. The first-order valence-corrected chi connectivity index (χ1v) is 6.80. The molecule has 0 aliphatic carbocycles. The molecule has 0 unspecified atom stereocenters. The summed E-state index contributed by atoms with van der Waals surface area (Å²) in [4.78, 5) is 23.4.